The highest BCUT2D eigenvalue weighted by molar-refractivity contribution is 6.34. The van der Waals surface area contributed by atoms with Gasteiger partial charge in [0.25, 0.3) is 0 Å². The third-order valence-corrected chi connectivity index (χ3v) is 1.93. The van der Waals surface area contributed by atoms with Gasteiger partial charge in [-0.3, -0.25) is 14.9 Å². The normalized spacial score (nSPS) is 9.93. The van der Waals surface area contributed by atoms with Gasteiger partial charge in [-0.25, -0.2) is 0 Å². The van der Waals surface area contributed by atoms with Crippen LogP contribution in [0.4, 0.5) is 10.1 Å². The Hall–Kier alpha value is -1.49. The predicted molar refractivity (Wildman–Crippen MR) is 48.1 cm³/mol. The summed E-state index contributed by atoms with van der Waals surface area (Å²) >= 11 is 5.52. The molecule has 0 amide bonds. The van der Waals surface area contributed by atoms with Gasteiger partial charge in [0.2, 0.25) is 5.82 Å². The van der Waals surface area contributed by atoms with Gasteiger partial charge in [0, 0.05) is 6.07 Å². The van der Waals surface area contributed by atoms with Crippen LogP contribution in [0.5, 0.6) is 0 Å². The highest BCUT2D eigenvalue weighted by Gasteiger charge is 2.22. The van der Waals surface area contributed by atoms with E-state index in [0.717, 1.165) is 19.1 Å². The molecule has 1 aromatic carbocycles. The second-order valence-corrected chi connectivity index (χ2v) is 2.98. The first-order valence-electron chi connectivity index (χ1n) is 3.58. The third-order valence-electron chi connectivity index (χ3n) is 1.62. The van der Waals surface area contributed by atoms with Crippen molar-refractivity contribution in [3.8, 4) is 0 Å². The van der Waals surface area contributed by atoms with Gasteiger partial charge in [-0.05, 0) is 13.0 Å². The monoisotopic (exact) mass is 217 g/mol. The number of ketones is 1. The van der Waals surface area contributed by atoms with Crippen molar-refractivity contribution in [3.05, 3.63) is 38.7 Å². The summed E-state index contributed by atoms with van der Waals surface area (Å²) in [5, 5.41) is 10.2. The summed E-state index contributed by atoms with van der Waals surface area (Å²) in [5.41, 5.74) is -1.19. The van der Waals surface area contributed by atoms with Crippen molar-refractivity contribution in [2.75, 3.05) is 0 Å². The number of hydrogen-bond acceptors (Lipinski definition) is 3. The molecular weight excluding hydrogens is 213 g/mol. The zero-order valence-electron chi connectivity index (χ0n) is 7.08. The number of nitrogens with zero attached hydrogens (tertiary/aromatic N) is 1. The van der Waals surface area contributed by atoms with Crippen molar-refractivity contribution < 1.29 is 14.1 Å². The summed E-state index contributed by atoms with van der Waals surface area (Å²) < 4.78 is 13.3. The molecular formula is C8H5ClFNO3. The summed E-state index contributed by atoms with van der Waals surface area (Å²) in [6.45, 7) is 1.09. The topological polar surface area (TPSA) is 60.2 Å². The van der Waals surface area contributed by atoms with Gasteiger partial charge in [-0.15, -0.1) is 0 Å². The highest BCUT2D eigenvalue weighted by Crippen LogP contribution is 2.27. The van der Waals surface area contributed by atoms with Gasteiger partial charge in [-0.1, -0.05) is 11.6 Å². The summed E-state index contributed by atoms with van der Waals surface area (Å²) in [6, 6.07) is 2.05. The number of carbonyl (C=O) groups is 1. The maximum absolute atomic E-state index is 13.3. The van der Waals surface area contributed by atoms with E-state index in [9.17, 15) is 19.3 Å². The van der Waals surface area contributed by atoms with Crippen LogP contribution in [0.1, 0.15) is 17.3 Å². The number of nitro groups is 1. The van der Waals surface area contributed by atoms with E-state index in [1.807, 2.05) is 0 Å². The van der Waals surface area contributed by atoms with Gasteiger partial charge >= 0.3 is 5.69 Å². The van der Waals surface area contributed by atoms with Crippen LogP contribution in [0, 0.1) is 15.9 Å². The Labute approximate surface area is 83.4 Å². The highest BCUT2D eigenvalue weighted by atomic mass is 35.5. The molecule has 0 N–H and O–H groups in total. The molecule has 74 valence electrons. The molecule has 0 radical (unpaired) electrons. The third kappa shape index (κ3) is 1.72. The van der Waals surface area contributed by atoms with Crippen molar-refractivity contribution in [3.63, 3.8) is 0 Å². The first-order chi connectivity index (χ1) is 6.45. The zero-order chi connectivity index (χ0) is 10.9. The number of carbonyl (C=O) groups excluding carboxylic acids is 1. The van der Waals surface area contributed by atoms with Crippen molar-refractivity contribution in [1.82, 2.24) is 0 Å². The fourth-order valence-electron chi connectivity index (χ4n) is 1.01. The Kier molecular flexibility index (Phi) is 2.81. The number of nitro benzene ring substituents is 1. The number of Topliss-reactive ketones (excluding diaryl/α,β-unsaturated/α-hetero) is 1. The summed E-state index contributed by atoms with van der Waals surface area (Å²) in [7, 11) is 0. The quantitative estimate of drug-likeness (QED) is 0.435. The lowest BCUT2D eigenvalue weighted by atomic mass is 10.1. The van der Waals surface area contributed by atoms with E-state index >= 15 is 0 Å². The molecule has 0 bridgehead atoms. The molecule has 0 aliphatic rings. The van der Waals surface area contributed by atoms with Crippen LogP contribution in [0.25, 0.3) is 0 Å². The number of rotatable bonds is 2. The Balaban J connectivity index is 3.49. The minimum atomic E-state index is -1.19. The SMILES string of the molecule is CC(=O)c1c(Cl)ccc([N+](=O)[O-])c1F. The molecule has 0 aliphatic heterocycles. The molecule has 0 spiro atoms. The first kappa shape index (κ1) is 10.6. The molecule has 0 atom stereocenters. The van der Waals surface area contributed by atoms with Crippen LogP contribution in [0.15, 0.2) is 12.1 Å². The van der Waals surface area contributed by atoms with Gasteiger partial charge in [-0.2, -0.15) is 4.39 Å². The molecule has 6 heteroatoms. The fourth-order valence-corrected chi connectivity index (χ4v) is 1.28. The Morgan fingerprint density at radius 1 is 1.57 bits per heavy atom. The summed E-state index contributed by atoms with van der Waals surface area (Å²) in [6.07, 6.45) is 0. The minimum Gasteiger partial charge on any atom is -0.294 e. The van der Waals surface area contributed by atoms with E-state index in [1.54, 1.807) is 0 Å². The minimum absolute atomic E-state index is 0.124. The van der Waals surface area contributed by atoms with Crippen LogP contribution < -0.4 is 0 Å². The number of benzene rings is 1. The van der Waals surface area contributed by atoms with Crippen LogP contribution in [-0.2, 0) is 0 Å². The largest absolute Gasteiger partial charge is 0.305 e. The van der Waals surface area contributed by atoms with E-state index in [1.165, 1.54) is 0 Å². The standard InChI is InChI=1S/C8H5ClFNO3/c1-4(12)7-5(9)2-3-6(8(7)10)11(13)14/h2-3H,1H3. The average molecular weight is 218 g/mol. The molecule has 14 heavy (non-hydrogen) atoms. The van der Waals surface area contributed by atoms with Crippen LogP contribution in [-0.4, -0.2) is 10.7 Å². The second-order valence-electron chi connectivity index (χ2n) is 2.57. The first-order valence-corrected chi connectivity index (χ1v) is 3.96. The molecule has 1 rings (SSSR count). The second kappa shape index (κ2) is 3.71. The summed E-state index contributed by atoms with van der Waals surface area (Å²) in [4.78, 5) is 20.3. The van der Waals surface area contributed by atoms with Crippen LogP contribution >= 0.6 is 11.6 Å². The zero-order valence-corrected chi connectivity index (χ0v) is 7.84. The van der Waals surface area contributed by atoms with Crippen LogP contribution in [0.3, 0.4) is 0 Å². The van der Waals surface area contributed by atoms with Gasteiger partial charge < -0.3 is 0 Å². The smallest absolute Gasteiger partial charge is 0.294 e. The van der Waals surface area contributed by atoms with E-state index in [-0.39, 0.29) is 5.02 Å². The van der Waals surface area contributed by atoms with Crippen molar-refractivity contribution in [1.29, 1.82) is 0 Å². The fraction of sp³-hybridized carbons (Fsp3) is 0.125. The maximum Gasteiger partial charge on any atom is 0.305 e. The molecule has 0 saturated carbocycles. The van der Waals surface area contributed by atoms with Gasteiger partial charge in [0.05, 0.1) is 15.5 Å². The molecule has 0 aromatic heterocycles. The molecule has 1 aromatic rings. The Morgan fingerprint density at radius 3 is 2.57 bits per heavy atom. The Bertz CT molecular complexity index is 419. The molecule has 0 heterocycles. The Morgan fingerprint density at radius 2 is 2.14 bits per heavy atom. The van der Waals surface area contributed by atoms with Crippen molar-refractivity contribution in [2.45, 2.75) is 6.92 Å². The van der Waals surface area contributed by atoms with Crippen molar-refractivity contribution in [2.24, 2.45) is 0 Å². The average Bonchev–Trinajstić information content (AvgIpc) is 2.02. The van der Waals surface area contributed by atoms with Gasteiger partial charge in [0.1, 0.15) is 0 Å². The van der Waals surface area contributed by atoms with Crippen molar-refractivity contribution >= 4 is 23.1 Å². The molecule has 4 nitrogen and oxygen atoms in total. The molecule has 0 saturated heterocycles. The van der Waals surface area contributed by atoms with E-state index in [4.69, 9.17) is 11.6 Å². The number of hydrogen-bond donors (Lipinski definition) is 0. The number of halogens is 2. The summed E-state index contributed by atoms with van der Waals surface area (Å²) in [5.74, 6) is -1.83. The lowest BCUT2D eigenvalue weighted by Gasteiger charge is -2.01. The lowest BCUT2D eigenvalue weighted by molar-refractivity contribution is -0.387. The maximum atomic E-state index is 13.3. The molecule has 0 unspecified atom stereocenters. The van der Waals surface area contributed by atoms with Crippen LogP contribution in [0.2, 0.25) is 5.02 Å². The molecule has 0 aliphatic carbocycles. The van der Waals surface area contributed by atoms with E-state index in [2.05, 4.69) is 0 Å². The van der Waals surface area contributed by atoms with E-state index < -0.39 is 27.8 Å². The predicted octanol–water partition coefficient (Wildman–Crippen LogP) is 2.59. The lowest BCUT2D eigenvalue weighted by Crippen LogP contribution is -2.02. The van der Waals surface area contributed by atoms with Gasteiger partial charge in [0.15, 0.2) is 5.78 Å². The molecule has 0 fully saturated rings. The van der Waals surface area contributed by atoms with E-state index in [0.29, 0.717) is 0 Å².